The maximum Gasteiger partial charge on any atom is 0.319 e. The molecule has 2 amide bonds. The number of nitrogens with one attached hydrogen (secondary N) is 2. The van der Waals surface area contributed by atoms with Crippen LogP contribution in [0.4, 0.5) is 10.5 Å². The molecule has 4 nitrogen and oxygen atoms in total. The molecule has 0 bridgehead atoms. The number of nitrogens with zero attached hydrogens (tertiary/aromatic N) is 1. The topological polar surface area (TPSA) is 54.0 Å². The van der Waals surface area contributed by atoms with E-state index >= 15 is 0 Å². The van der Waals surface area contributed by atoms with E-state index in [9.17, 15) is 4.79 Å². The molecule has 1 aromatic heterocycles. The number of carbonyl (C=O) groups is 1. The molecule has 0 aliphatic rings. The molecule has 0 fully saturated rings. The predicted octanol–water partition coefficient (Wildman–Crippen LogP) is 2.69. The fourth-order valence-corrected chi connectivity index (χ4v) is 1.65. The Morgan fingerprint density at radius 3 is 2.78 bits per heavy atom. The first-order valence-electron chi connectivity index (χ1n) is 5.47. The number of rotatable bonds is 3. The monoisotopic (exact) mass is 259 g/mol. The first kappa shape index (κ1) is 12.4. The Bertz CT molecular complexity index is 531. The SMILES string of the molecule is O=C(NCc1cccnc1)Nc1ccccc1S. The number of amides is 2. The van der Waals surface area contributed by atoms with E-state index in [-0.39, 0.29) is 6.03 Å². The highest BCUT2D eigenvalue weighted by Crippen LogP contribution is 2.18. The summed E-state index contributed by atoms with van der Waals surface area (Å²) in [7, 11) is 0. The summed E-state index contributed by atoms with van der Waals surface area (Å²) >= 11 is 4.26. The van der Waals surface area contributed by atoms with Gasteiger partial charge in [0.1, 0.15) is 0 Å². The van der Waals surface area contributed by atoms with Crippen molar-refractivity contribution >= 4 is 24.3 Å². The van der Waals surface area contributed by atoms with Crippen LogP contribution >= 0.6 is 12.6 Å². The maximum absolute atomic E-state index is 11.7. The molecule has 0 atom stereocenters. The Hall–Kier alpha value is -2.01. The number of pyridine rings is 1. The molecule has 0 spiro atoms. The summed E-state index contributed by atoms with van der Waals surface area (Å²) in [5.74, 6) is 0. The van der Waals surface area contributed by atoms with Gasteiger partial charge in [0.25, 0.3) is 0 Å². The van der Waals surface area contributed by atoms with E-state index in [0.29, 0.717) is 12.2 Å². The van der Waals surface area contributed by atoms with E-state index in [4.69, 9.17) is 0 Å². The van der Waals surface area contributed by atoms with Gasteiger partial charge in [-0.3, -0.25) is 4.98 Å². The van der Waals surface area contributed by atoms with Crippen molar-refractivity contribution in [2.45, 2.75) is 11.4 Å². The highest BCUT2D eigenvalue weighted by molar-refractivity contribution is 7.80. The molecule has 0 saturated carbocycles. The molecule has 0 aliphatic carbocycles. The first-order chi connectivity index (χ1) is 8.75. The third-order valence-corrected chi connectivity index (χ3v) is 2.72. The molecule has 0 radical (unpaired) electrons. The van der Waals surface area contributed by atoms with Crippen LogP contribution < -0.4 is 10.6 Å². The van der Waals surface area contributed by atoms with Crippen LogP contribution in [0.15, 0.2) is 53.7 Å². The molecule has 0 unspecified atom stereocenters. The van der Waals surface area contributed by atoms with Crippen molar-refractivity contribution in [1.29, 1.82) is 0 Å². The van der Waals surface area contributed by atoms with Crippen LogP contribution in [0.2, 0.25) is 0 Å². The zero-order valence-electron chi connectivity index (χ0n) is 9.63. The van der Waals surface area contributed by atoms with Gasteiger partial charge in [0, 0.05) is 23.8 Å². The number of benzene rings is 1. The molecule has 18 heavy (non-hydrogen) atoms. The van der Waals surface area contributed by atoms with Gasteiger partial charge in [0.05, 0.1) is 5.69 Å². The molecule has 2 N–H and O–H groups in total. The van der Waals surface area contributed by atoms with Gasteiger partial charge in [-0.1, -0.05) is 18.2 Å². The highest BCUT2D eigenvalue weighted by Gasteiger charge is 2.03. The highest BCUT2D eigenvalue weighted by atomic mass is 32.1. The smallest absolute Gasteiger partial charge is 0.319 e. The number of thiol groups is 1. The van der Waals surface area contributed by atoms with E-state index in [1.807, 2.05) is 30.3 Å². The number of aromatic nitrogens is 1. The molecule has 1 aromatic carbocycles. The fraction of sp³-hybridized carbons (Fsp3) is 0.0769. The number of hydrogen-bond donors (Lipinski definition) is 3. The Morgan fingerprint density at radius 1 is 1.22 bits per heavy atom. The van der Waals surface area contributed by atoms with E-state index < -0.39 is 0 Å². The fourth-order valence-electron chi connectivity index (χ4n) is 1.43. The summed E-state index contributed by atoms with van der Waals surface area (Å²) in [5, 5.41) is 5.48. The van der Waals surface area contributed by atoms with E-state index in [2.05, 4.69) is 28.2 Å². The molecule has 2 aromatic rings. The van der Waals surface area contributed by atoms with Crippen molar-refractivity contribution in [3.05, 3.63) is 54.4 Å². The molecular formula is C13H13N3OS. The van der Waals surface area contributed by atoms with Crippen molar-refractivity contribution in [1.82, 2.24) is 10.3 Å². The minimum Gasteiger partial charge on any atom is -0.334 e. The van der Waals surface area contributed by atoms with Gasteiger partial charge < -0.3 is 10.6 Å². The van der Waals surface area contributed by atoms with Gasteiger partial charge in [-0.15, -0.1) is 12.6 Å². The lowest BCUT2D eigenvalue weighted by Gasteiger charge is -2.09. The van der Waals surface area contributed by atoms with Gasteiger partial charge >= 0.3 is 6.03 Å². The normalized spacial score (nSPS) is 9.83. The second-order valence-corrected chi connectivity index (χ2v) is 4.17. The second kappa shape index (κ2) is 6.07. The zero-order valence-corrected chi connectivity index (χ0v) is 10.5. The standard InChI is InChI=1S/C13H13N3OS/c17-13(15-9-10-4-3-7-14-8-10)16-11-5-1-2-6-12(11)18/h1-8,18H,9H2,(H2,15,16,17). The van der Waals surface area contributed by atoms with Crippen LogP contribution in [-0.2, 0) is 6.54 Å². The minimum absolute atomic E-state index is 0.264. The Kier molecular flexibility index (Phi) is 4.20. The van der Waals surface area contributed by atoms with Gasteiger partial charge in [-0.25, -0.2) is 4.79 Å². The lowest BCUT2D eigenvalue weighted by molar-refractivity contribution is 0.251. The molecule has 0 aliphatic heterocycles. The Morgan fingerprint density at radius 2 is 2.06 bits per heavy atom. The largest absolute Gasteiger partial charge is 0.334 e. The molecule has 2 rings (SSSR count). The zero-order chi connectivity index (χ0) is 12.8. The Labute approximate surface area is 111 Å². The third-order valence-electron chi connectivity index (χ3n) is 2.33. The van der Waals surface area contributed by atoms with Gasteiger partial charge in [0.2, 0.25) is 0 Å². The van der Waals surface area contributed by atoms with E-state index in [1.54, 1.807) is 18.5 Å². The summed E-state index contributed by atoms with van der Waals surface area (Å²) in [6.45, 7) is 0.439. The van der Waals surface area contributed by atoms with Gasteiger partial charge in [0.15, 0.2) is 0 Å². The van der Waals surface area contributed by atoms with Crippen LogP contribution in [0, 0.1) is 0 Å². The molecule has 92 valence electrons. The lowest BCUT2D eigenvalue weighted by Crippen LogP contribution is -2.28. The second-order valence-electron chi connectivity index (χ2n) is 3.69. The summed E-state index contributed by atoms with van der Waals surface area (Å²) in [5.41, 5.74) is 1.64. The van der Waals surface area contributed by atoms with Crippen molar-refractivity contribution < 1.29 is 4.79 Å². The summed E-state index contributed by atoms with van der Waals surface area (Å²) in [4.78, 5) is 16.4. The molecular weight excluding hydrogens is 246 g/mol. The minimum atomic E-state index is -0.264. The van der Waals surface area contributed by atoms with Crippen LogP contribution in [0.1, 0.15) is 5.56 Å². The molecule has 0 saturated heterocycles. The quantitative estimate of drug-likeness (QED) is 0.742. The third kappa shape index (κ3) is 3.49. The first-order valence-corrected chi connectivity index (χ1v) is 5.92. The number of urea groups is 1. The number of carbonyl (C=O) groups excluding carboxylic acids is 1. The number of hydrogen-bond acceptors (Lipinski definition) is 3. The van der Waals surface area contributed by atoms with Gasteiger partial charge in [-0.2, -0.15) is 0 Å². The van der Waals surface area contributed by atoms with Crippen LogP contribution in [0.5, 0.6) is 0 Å². The van der Waals surface area contributed by atoms with Crippen LogP contribution in [0.3, 0.4) is 0 Å². The van der Waals surface area contributed by atoms with E-state index in [1.165, 1.54) is 0 Å². The lowest BCUT2D eigenvalue weighted by atomic mass is 10.3. The summed E-state index contributed by atoms with van der Waals surface area (Å²) in [6.07, 6.45) is 3.41. The summed E-state index contributed by atoms with van der Waals surface area (Å²) in [6, 6.07) is 10.8. The average molecular weight is 259 g/mol. The Balaban J connectivity index is 1.88. The van der Waals surface area contributed by atoms with Crippen molar-refractivity contribution in [2.24, 2.45) is 0 Å². The van der Waals surface area contributed by atoms with Crippen molar-refractivity contribution in [3.63, 3.8) is 0 Å². The summed E-state index contributed by atoms with van der Waals surface area (Å²) < 4.78 is 0. The molecule has 1 heterocycles. The molecule has 5 heteroatoms. The average Bonchev–Trinajstić information content (AvgIpc) is 2.40. The van der Waals surface area contributed by atoms with Crippen LogP contribution in [-0.4, -0.2) is 11.0 Å². The number of anilines is 1. The number of para-hydroxylation sites is 1. The maximum atomic E-state index is 11.7. The van der Waals surface area contributed by atoms with Crippen molar-refractivity contribution in [3.8, 4) is 0 Å². The van der Waals surface area contributed by atoms with Gasteiger partial charge in [-0.05, 0) is 23.8 Å². The predicted molar refractivity (Wildman–Crippen MR) is 73.8 cm³/mol. The van der Waals surface area contributed by atoms with Crippen LogP contribution in [0.25, 0.3) is 0 Å². The van der Waals surface area contributed by atoms with E-state index in [0.717, 1.165) is 10.5 Å². The van der Waals surface area contributed by atoms with Crippen molar-refractivity contribution in [2.75, 3.05) is 5.32 Å².